The molecule has 1 saturated heterocycles. The number of nitrogens with one attached hydrogen (secondary N) is 3. The van der Waals surface area contributed by atoms with Gasteiger partial charge < -0.3 is 25.8 Å². The van der Waals surface area contributed by atoms with Crippen molar-refractivity contribution in [3.63, 3.8) is 0 Å². The number of hydrogen-bond donors (Lipinski definition) is 4. The number of hydroxylamine groups is 2. The van der Waals surface area contributed by atoms with Gasteiger partial charge in [0.2, 0.25) is 5.95 Å². The van der Waals surface area contributed by atoms with Crippen LogP contribution in [0.15, 0.2) is 36.7 Å². The highest BCUT2D eigenvalue weighted by atomic mass is 35.5. The zero-order valence-corrected chi connectivity index (χ0v) is 24.8. The van der Waals surface area contributed by atoms with E-state index in [1.54, 1.807) is 5.06 Å². The number of nitrogens with two attached hydrogens (primary N) is 1. The van der Waals surface area contributed by atoms with Crippen LogP contribution in [0.25, 0.3) is 11.2 Å². The van der Waals surface area contributed by atoms with Gasteiger partial charge in [0, 0.05) is 42.9 Å². The molecule has 2 aliphatic carbocycles. The molecule has 1 amide bonds. The highest BCUT2D eigenvalue weighted by Gasteiger charge is 2.27. The lowest BCUT2D eigenvalue weighted by Gasteiger charge is -2.31. The standard InChI is InChI=1S/C28H39N9O2.2ClH/c29-19-10-12-21(13-11-19)32-27-34-25(24-26(35-27)37(18-30-24)23-8-4-5-9-23)31-22-14-16-36(17-15-22)39-28(38)33-20-6-2-1-3-7-20;;/h1-3,6-7,18-19,21-23H,4-5,8-17,29H2,(H,33,38)(H2,31,32,34,35);2*1H/t19-,21-;;. The summed E-state index contributed by atoms with van der Waals surface area (Å²) in [5.74, 6) is 1.43. The molecule has 5 N–H and O–H groups in total. The van der Waals surface area contributed by atoms with Crippen molar-refractivity contribution in [2.24, 2.45) is 5.73 Å². The first kappa shape index (κ1) is 31.1. The van der Waals surface area contributed by atoms with E-state index in [0.29, 0.717) is 42.9 Å². The second-order valence-corrected chi connectivity index (χ2v) is 11.1. The third-order valence-electron chi connectivity index (χ3n) is 8.27. The highest BCUT2D eigenvalue weighted by molar-refractivity contribution is 5.86. The summed E-state index contributed by atoms with van der Waals surface area (Å²) in [6.07, 6.45) is 12.0. The molecule has 3 aliphatic rings. The number of benzene rings is 1. The Morgan fingerprint density at radius 3 is 2.27 bits per heavy atom. The van der Waals surface area contributed by atoms with Crippen molar-refractivity contribution < 1.29 is 9.63 Å². The first-order valence-corrected chi connectivity index (χ1v) is 14.4. The number of fused-ring (bicyclic) bond motifs is 1. The van der Waals surface area contributed by atoms with Crippen LogP contribution in [0.1, 0.15) is 70.3 Å². The van der Waals surface area contributed by atoms with Gasteiger partial charge in [0.15, 0.2) is 17.0 Å². The summed E-state index contributed by atoms with van der Waals surface area (Å²) in [5.41, 5.74) is 8.55. The molecule has 1 aromatic carbocycles. The monoisotopic (exact) mass is 605 g/mol. The van der Waals surface area contributed by atoms with E-state index in [0.717, 1.165) is 68.3 Å². The van der Waals surface area contributed by atoms with Crippen LogP contribution in [0.4, 0.5) is 22.2 Å². The summed E-state index contributed by atoms with van der Waals surface area (Å²) < 4.78 is 2.25. The lowest BCUT2D eigenvalue weighted by atomic mass is 9.92. The predicted molar refractivity (Wildman–Crippen MR) is 166 cm³/mol. The summed E-state index contributed by atoms with van der Waals surface area (Å²) in [7, 11) is 0. The minimum absolute atomic E-state index is 0. The average Bonchev–Trinajstić information content (AvgIpc) is 3.62. The second-order valence-electron chi connectivity index (χ2n) is 11.1. The summed E-state index contributed by atoms with van der Waals surface area (Å²) in [6.45, 7) is 1.27. The van der Waals surface area contributed by atoms with E-state index in [2.05, 4.69) is 20.5 Å². The Kier molecular flexibility index (Phi) is 10.9. The molecular formula is C28H41Cl2N9O2. The van der Waals surface area contributed by atoms with Gasteiger partial charge in [-0.3, -0.25) is 5.32 Å². The van der Waals surface area contributed by atoms with Crippen molar-refractivity contribution in [3.05, 3.63) is 36.7 Å². The number of imidazole rings is 1. The van der Waals surface area contributed by atoms with E-state index in [4.69, 9.17) is 25.5 Å². The molecule has 2 saturated carbocycles. The first-order valence-electron chi connectivity index (χ1n) is 14.4. The molecule has 3 fully saturated rings. The van der Waals surface area contributed by atoms with Crippen LogP contribution in [0.3, 0.4) is 0 Å². The van der Waals surface area contributed by atoms with Gasteiger partial charge in [0.1, 0.15) is 0 Å². The fraction of sp³-hybridized carbons (Fsp3) is 0.571. The zero-order valence-electron chi connectivity index (χ0n) is 23.2. The number of rotatable bonds is 7. The largest absolute Gasteiger partial charge is 0.430 e. The van der Waals surface area contributed by atoms with Crippen molar-refractivity contribution in [1.29, 1.82) is 0 Å². The summed E-state index contributed by atoms with van der Waals surface area (Å²) in [5, 5.41) is 11.7. The molecule has 3 heterocycles. The Labute approximate surface area is 253 Å². The molecule has 13 heteroatoms. The van der Waals surface area contributed by atoms with Crippen molar-refractivity contribution in [1.82, 2.24) is 24.6 Å². The Balaban J connectivity index is 0.00000194. The van der Waals surface area contributed by atoms with Gasteiger partial charge in [-0.15, -0.1) is 29.9 Å². The number of hydrogen-bond acceptors (Lipinski definition) is 9. The lowest BCUT2D eigenvalue weighted by Crippen LogP contribution is -2.41. The third-order valence-corrected chi connectivity index (χ3v) is 8.27. The summed E-state index contributed by atoms with van der Waals surface area (Å²) in [4.78, 5) is 32.5. The van der Waals surface area contributed by atoms with Gasteiger partial charge >= 0.3 is 6.09 Å². The molecule has 224 valence electrons. The van der Waals surface area contributed by atoms with Crippen molar-refractivity contribution in [2.75, 3.05) is 29.0 Å². The maximum absolute atomic E-state index is 12.3. The van der Waals surface area contributed by atoms with Gasteiger partial charge in [0.05, 0.1) is 6.33 Å². The molecule has 6 rings (SSSR count). The summed E-state index contributed by atoms with van der Waals surface area (Å²) >= 11 is 0. The van der Waals surface area contributed by atoms with E-state index in [-0.39, 0.29) is 30.9 Å². The first-order chi connectivity index (χ1) is 19.1. The number of aromatic nitrogens is 4. The molecule has 1 aliphatic heterocycles. The van der Waals surface area contributed by atoms with Crippen molar-refractivity contribution in [3.8, 4) is 0 Å². The average molecular weight is 607 g/mol. The number of amides is 1. The van der Waals surface area contributed by atoms with E-state index < -0.39 is 6.09 Å². The number of carbonyl (C=O) groups excluding carboxylic acids is 1. The number of halogens is 2. The maximum atomic E-state index is 12.3. The van der Waals surface area contributed by atoms with Gasteiger partial charge in [-0.2, -0.15) is 9.97 Å². The van der Waals surface area contributed by atoms with Crippen LogP contribution < -0.4 is 21.7 Å². The fourth-order valence-corrected chi connectivity index (χ4v) is 6.04. The van der Waals surface area contributed by atoms with E-state index in [9.17, 15) is 4.79 Å². The van der Waals surface area contributed by atoms with Crippen LogP contribution in [0.5, 0.6) is 0 Å². The van der Waals surface area contributed by atoms with E-state index in [1.165, 1.54) is 12.8 Å². The molecule has 0 bridgehead atoms. The molecule has 0 spiro atoms. The number of nitrogens with zero attached hydrogens (tertiary/aromatic N) is 5. The molecule has 41 heavy (non-hydrogen) atoms. The molecule has 3 aromatic rings. The quantitative estimate of drug-likeness (QED) is 0.275. The predicted octanol–water partition coefficient (Wildman–Crippen LogP) is 5.51. The molecule has 2 aromatic heterocycles. The number of anilines is 3. The van der Waals surface area contributed by atoms with Crippen LogP contribution in [0, 0.1) is 0 Å². The van der Waals surface area contributed by atoms with E-state index >= 15 is 0 Å². The van der Waals surface area contributed by atoms with Gasteiger partial charge in [-0.05, 0) is 63.5 Å². The molecule has 0 radical (unpaired) electrons. The zero-order chi connectivity index (χ0) is 26.6. The number of carbonyl (C=O) groups is 1. The van der Waals surface area contributed by atoms with Crippen LogP contribution in [-0.2, 0) is 4.84 Å². The second kappa shape index (κ2) is 14.4. The minimum Gasteiger partial charge on any atom is -0.365 e. The lowest BCUT2D eigenvalue weighted by molar-refractivity contribution is -0.106. The Bertz CT molecular complexity index is 1260. The topological polar surface area (TPSA) is 135 Å². The molecule has 0 atom stereocenters. The van der Waals surface area contributed by atoms with Crippen LogP contribution >= 0.6 is 24.8 Å². The Morgan fingerprint density at radius 1 is 0.878 bits per heavy atom. The van der Waals surface area contributed by atoms with Crippen molar-refractivity contribution >= 4 is 59.5 Å². The SMILES string of the molecule is Cl.Cl.N[C@H]1CC[C@H](Nc2nc(NC3CCN(OC(=O)Nc4ccccc4)CC3)c3ncn(C4CCCC4)c3n2)CC1. The third kappa shape index (κ3) is 7.71. The highest BCUT2D eigenvalue weighted by Crippen LogP contribution is 2.34. The number of piperidine rings is 1. The summed E-state index contributed by atoms with van der Waals surface area (Å²) in [6, 6.07) is 10.6. The van der Waals surface area contributed by atoms with Gasteiger partial charge in [-0.1, -0.05) is 31.0 Å². The fourth-order valence-electron chi connectivity index (χ4n) is 6.04. The number of para-hydroxylation sites is 1. The molecular weight excluding hydrogens is 565 g/mol. The smallest absolute Gasteiger partial charge is 0.365 e. The van der Waals surface area contributed by atoms with Gasteiger partial charge in [0.25, 0.3) is 0 Å². The van der Waals surface area contributed by atoms with Gasteiger partial charge in [-0.25, -0.2) is 9.78 Å². The maximum Gasteiger partial charge on any atom is 0.430 e. The Hall–Kier alpha value is -2.86. The molecule has 0 unspecified atom stereocenters. The van der Waals surface area contributed by atoms with Crippen molar-refractivity contribution in [2.45, 2.75) is 88.4 Å². The minimum atomic E-state index is -0.470. The van der Waals surface area contributed by atoms with Crippen LogP contribution in [0.2, 0.25) is 0 Å². The molecule has 11 nitrogen and oxygen atoms in total. The normalized spacial score (nSPS) is 22.0. The van der Waals surface area contributed by atoms with E-state index in [1.807, 2.05) is 36.7 Å². The van der Waals surface area contributed by atoms with Crippen LogP contribution in [-0.4, -0.2) is 61.9 Å². The Morgan fingerprint density at radius 2 is 1.56 bits per heavy atom.